The maximum Gasteiger partial charge on any atom is 0.169 e. The van der Waals surface area contributed by atoms with Crippen molar-refractivity contribution in [3.05, 3.63) is 60.7 Å². The lowest BCUT2D eigenvalue weighted by molar-refractivity contribution is 0.216. The lowest BCUT2D eigenvalue weighted by Crippen LogP contribution is -2.37. The molecule has 1 saturated heterocycles. The van der Waals surface area contributed by atoms with Crippen molar-refractivity contribution in [3.8, 4) is 5.75 Å². The maximum atomic E-state index is 5.95. The number of hydrogen-bond donors (Lipinski definition) is 0. The number of epoxide rings is 1. The Balaban J connectivity index is 0.000000477. The molecule has 112 valence electrons. The minimum absolute atomic E-state index is 0.0137. The van der Waals surface area contributed by atoms with Crippen LogP contribution in [0.4, 0.5) is 5.69 Å². The molecule has 1 fully saturated rings. The third-order valence-corrected chi connectivity index (χ3v) is 3.12. The first-order valence-corrected chi connectivity index (χ1v) is 7.42. The molecule has 1 atom stereocenters. The Morgan fingerprint density at radius 2 is 1.52 bits per heavy atom. The first kappa shape index (κ1) is 15.4. The minimum atomic E-state index is 0.0137. The standard InChI is InChI=1S/C16H19NO.C2H4O/c1-3-17(15-10-6-4-7-11-15)14(2)18-16-12-8-5-9-13-16;1-2-3-1/h4-14H,3H2,1-2H3;1-2H2. The Morgan fingerprint density at radius 3 is 2.00 bits per heavy atom. The van der Waals surface area contributed by atoms with Crippen LogP contribution in [0.1, 0.15) is 13.8 Å². The van der Waals surface area contributed by atoms with Gasteiger partial charge in [-0.05, 0) is 38.1 Å². The fraction of sp³-hybridized carbons (Fsp3) is 0.333. The van der Waals surface area contributed by atoms with Crippen molar-refractivity contribution >= 4 is 5.69 Å². The van der Waals surface area contributed by atoms with E-state index in [9.17, 15) is 0 Å². The van der Waals surface area contributed by atoms with Crippen molar-refractivity contribution in [2.75, 3.05) is 24.7 Å². The highest BCUT2D eigenvalue weighted by Gasteiger charge is 2.13. The summed E-state index contributed by atoms with van der Waals surface area (Å²) in [5.41, 5.74) is 1.18. The van der Waals surface area contributed by atoms with Gasteiger partial charge in [0.05, 0.1) is 13.2 Å². The number of benzene rings is 2. The largest absolute Gasteiger partial charge is 0.471 e. The van der Waals surface area contributed by atoms with E-state index in [-0.39, 0.29) is 6.23 Å². The summed E-state index contributed by atoms with van der Waals surface area (Å²) in [4.78, 5) is 2.23. The van der Waals surface area contributed by atoms with Crippen molar-refractivity contribution in [1.29, 1.82) is 0 Å². The van der Waals surface area contributed by atoms with Gasteiger partial charge in [0, 0.05) is 12.2 Å². The molecular formula is C18H23NO2. The average Bonchev–Trinajstić information content (AvgIpc) is 3.39. The summed E-state index contributed by atoms with van der Waals surface area (Å²) in [6, 6.07) is 20.3. The quantitative estimate of drug-likeness (QED) is 0.614. The molecule has 0 amide bonds. The second-order valence-corrected chi connectivity index (χ2v) is 4.76. The fourth-order valence-electron chi connectivity index (χ4n) is 2.03. The van der Waals surface area contributed by atoms with Gasteiger partial charge in [-0.15, -0.1) is 0 Å². The number of ether oxygens (including phenoxy) is 2. The van der Waals surface area contributed by atoms with E-state index < -0.39 is 0 Å². The van der Waals surface area contributed by atoms with Gasteiger partial charge in [0.15, 0.2) is 6.23 Å². The molecule has 21 heavy (non-hydrogen) atoms. The SMILES string of the molecule is C1CO1.CCN(c1ccccc1)C(C)Oc1ccccc1. The summed E-state index contributed by atoms with van der Waals surface area (Å²) in [5.74, 6) is 0.902. The summed E-state index contributed by atoms with van der Waals surface area (Å²) in [6.07, 6.45) is 0.0137. The van der Waals surface area contributed by atoms with Crippen LogP contribution in [0.2, 0.25) is 0 Å². The molecule has 0 saturated carbocycles. The highest BCUT2D eigenvalue weighted by molar-refractivity contribution is 5.46. The molecule has 0 aromatic heterocycles. The summed E-state index contributed by atoms with van der Waals surface area (Å²) in [7, 11) is 0. The van der Waals surface area contributed by atoms with Crippen molar-refractivity contribution in [2.45, 2.75) is 20.1 Å². The van der Waals surface area contributed by atoms with Crippen LogP contribution in [0.25, 0.3) is 0 Å². The van der Waals surface area contributed by atoms with Gasteiger partial charge in [0.1, 0.15) is 5.75 Å². The van der Waals surface area contributed by atoms with Gasteiger partial charge in [-0.25, -0.2) is 0 Å². The van der Waals surface area contributed by atoms with Gasteiger partial charge in [-0.3, -0.25) is 0 Å². The van der Waals surface area contributed by atoms with Crippen LogP contribution >= 0.6 is 0 Å². The number of hydrogen-bond acceptors (Lipinski definition) is 3. The molecule has 3 nitrogen and oxygen atoms in total. The molecule has 1 aliphatic heterocycles. The van der Waals surface area contributed by atoms with Crippen LogP contribution in [-0.2, 0) is 4.74 Å². The van der Waals surface area contributed by atoms with Crippen LogP contribution in [0.3, 0.4) is 0 Å². The van der Waals surface area contributed by atoms with E-state index in [0.29, 0.717) is 0 Å². The van der Waals surface area contributed by atoms with Crippen molar-refractivity contribution < 1.29 is 9.47 Å². The zero-order valence-electron chi connectivity index (χ0n) is 12.7. The normalized spacial score (nSPS) is 13.6. The van der Waals surface area contributed by atoms with Gasteiger partial charge >= 0.3 is 0 Å². The summed E-state index contributed by atoms with van der Waals surface area (Å²) in [6.45, 7) is 7.12. The second kappa shape index (κ2) is 8.32. The first-order chi connectivity index (χ1) is 10.3. The lowest BCUT2D eigenvalue weighted by Gasteiger charge is -2.30. The summed E-state index contributed by atoms with van der Waals surface area (Å²) < 4.78 is 10.4. The number of nitrogens with zero attached hydrogens (tertiary/aromatic N) is 1. The summed E-state index contributed by atoms with van der Waals surface area (Å²) >= 11 is 0. The highest BCUT2D eigenvalue weighted by Crippen LogP contribution is 2.19. The Hall–Kier alpha value is -2.00. The lowest BCUT2D eigenvalue weighted by atomic mass is 10.3. The zero-order chi connectivity index (χ0) is 14.9. The second-order valence-electron chi connectivity index (χ2n) is 4.76. The molecular weight excluding hydrogens is 262 g/mol. The Labute approximate surface area is 127 Å². The summed E-state index contributed by atoms with van der Waals surface area (Å²) in [5, 5.41) is 0. The molecule has 3 rings (SSSR count). The van der Waals surface area contributed by atoms with Crippen molar-refractivity contribution in [2.24, 2.45) is 0 Å². The van der Waals surface area contributed by atoms with Gasteiger partial charge in [-0.2, -0.15) is 0 Å². The van der Waals surface area contributed by atoms with Gasteiger partial charge in [0.2, 0.25) is 0 Å². The fourth-order valence-corrected chi connectivity index (χ4v) is 2.03. The van der Waals surface area contributed by atoms with E-state index in [1.54, 1.807) is 0 Å². The maximum absolute atomic E-state index is 5.95. The Bertz CT molecular complexity index is 496. The number of para-hydroxylation sites is 2. The third kappa shape index (κ3) is 5.48. The van der Waals surface area contributed by atoms with Crippen molar-refractivity contribution in [1.82, 2.24) is 0 Å². The van der Waals surface area contributed by atoms with Gasteiger partial charge in [-0.1, -0.05) is 36.4 Å². The van der Waals surface area contributed by atoms with Crippen LogP contribution < -0.4 is 9.64 Å². The topological polar surface area (TPSA) is 25.0 Å². The molecule has 0 bridgehead atoms. The molecule has 1 heterocycles. The third-order valence-electron chi connectivity index (χ3n) is 3.12. The van der Waals surface area contributed by atoms with Crippen LogP contribution in [0, 0.1) is 0 Å². The molecule has 3 heteroatoms. The highest BCUT2D eigenvalue weighted by atomic mass is 16.6. The van der Waals surface area contributed by atoms with E-state index in [4.69, 9.17) is 4.74 Å². The van der Waals surface area contributed by atoms with Crippen LogP contribution in [0.15, 0.2) is 60.7 Å². The van der Waals surface area contributed by atoms with Gasteiger partial charge in [0.25, 0.3) is 0 Å². The van der Waals surface area contributed by atoms with E-state index >= 15 is 0 Å². The van der Waals surface area contributed by atoms with Crippen LogP contribution in [-0.4, -0.2) is 26.0 Å². The molecule has 2 aromatic carbocycles. The predicted molar refractivity (Wildman–Crippen MR) is 86.8 cm³/mol. The Morgan fingerprint density at radius 1 is 1.00 bits per heavy atom. The molecule has 0 N–H and O–H groups in total. The van der Waals surface area contributed by atoms with E-state index in [0.717, 1.165) is 25.5 Å². The van der Waals surface area contributed by atoms with E-state index in [1.807, 2.05) is 48.5 Å². The molecule has 1 unspecified atom stereocenters. The molecule has 0 aliphatic carbocycles. The first-order valence-electron chi connectivity index (χ1n) is 7.42. The number of anilines is 1. The molecule has 2 aromatic rings. The average molecular weight is 285 g/mol. The minimum Gasteiger partial charge on any atom is -0.471 e. The molecule has 0 radical (unpaired) electrons. The molecule has 0 spiro atoms. The van der Waals surface area contributed by atoms with E-state index in [1.165, 1.54) is 5.69 Å². The van der Waals surface area contributed by atoms with Gasteiger partial charge < -0.3 is 14.4 Å². The Kier molecular flexibility index (Phi) is 6.10. The molecule has 1 aliphatic rings. The zero-order valence-corrected chi connectivity index (χ0v) is 12.7. The van der Waals surface area contributed by atoms with Crippen LogP contribution in [0.5, 0.6) is 5.75 Å². The van der Waals surface area contributed by atoms with Crippen molar-refractivity contribution in [3.63, 3.8) is 0 Å². The smallest absolute Gasteiger partial charge is 0.169 e. The number of rotatable bonds is 5. The monoisotopic (exact) mass is 285 g/mol. The van der Waals surface area contributed by atoms with E-state index in [2.05, 4.69) is 35.6 Å². The predicted octanol–water partition coefficient (Wildman–Crippen LogP) is 3.95.